The zero-order valence-electron chi connectivity index (χ0n) is 7.71. The minimum atomic E-state index is -3.72. The second-order valence-corrected chi connectivity index (χ2v) is 4.51. The molecule has 0 fully saturated rings. The fourth-order valence-corrected chi connectivity index (χ4v) is 2.06. The maximum atomic E-state index is 11.3. The summed E-state index contributed by atoms with van der Waals surface area (Å²) in [5.41, 5.74) is 0.477. The first kappa shape index (κ1) is 9.88. The summed E-state index contributed by atoms with van der Waals surface area (Å²) < 4.78 is 22.6. The number of rotatable bonds is 2. The molecule has 0 spiro atoms. The van der Waals surface area contributed by atoms with Gasteiger partial charge >= 0.3 is 0 Å². The third-order valence-corrected chi connectivity index (χ3v) is 2.92. The largest absolute Gasteiger partial charge is 0.345 e. The molecule has 0 bridgehead atoms. The van der Waals surface area contributed by atoms with Crippen molar-refractivity contribution in [2.75, 3.05) is 0 Å². The average Bonchev–Trinajstić information content (AvgIpc) is 2.69. The molecule has 2 aromatic rings. The topological polar surface area (TPSA) is 88.8 Å². The van der Waals surface area contributed by atoms with E-state index in [1.165, 1.54) is 6.07 Å². The SMILES string of the molecule is NS(=O)(=O)c1ccccc1-c1ncc[nH]1. The molecule has 0 atom stereocenters. The van der Waals surface area contributed by atoms with Crippen LogP contribution in [0.25, 0.3) is 11.4 Å². The van der Waals surface area contributed by atoms with Crippen molar-refractivity contribution in [2.45, 2.75) is 4.90 Å². The highest BCUT2D eigenvalue weighted by Crippen LogP contribution is 2.22. The Hall–Kier alpha value is -1.66. The van der Waals surface area contributed by atoms with Gasteiger partial charge in [-0.2, -0.15) is 0 Å². The fourth-order valence-electron chi connectivity index (χ4n) is 1.32. The van der Waals surface area contributed by atoms with Crippen molar-refractivity contribution in [1.82, 2.24) is 9.97 Å². The van der Waals surface area contributed by atoms with Crippen LogP contribution in [0.2, 0.25) is 0 Å². The molecule has 0 saturated heterocycles. The fraction of sp³-hybridized carbons (Fsp3) is 0. The van der Waals surface area contributed by atoms with Crippen molar-refractivity contribution in [3.05, 3.63) is 36.7 Å². The first-order valence-electron chi connectivity index (χ1n) is 4.20. The molecule has 2 rings (SSSR count). The Labute approximate surface area is 87.0 Å². The predicted octanol–water partition coefficient (Wildman–Crippen LogP) is 0.724. The van der Waals surface area contributed by atoms with Crippen LogP contribution >= 0.6 is 0 Å². The first-order valence-corrected chi connectivity index (χ1v) is 5.75. The maximum absolute atomic E-state index is 11.3. The molecule has 1 aromatic heterocycles. The van der Waals surface area contributed by atoms with Crippen LogP contribution in [-0.2, 0) is 10.0 Å². The van der Waals surface area contributed by atoms with Gasteiger partial charge in [0.1, 0.15) is 5.82 Å². The summed E-state index contributed by atoms with van der Waals surface area (Å²) in [5, 5.41) is 5.09. The highest BCUT2D eigenvalue weighted by atomic mass is 32.2. The van der Waals surface area contributed by atoms with Gasteiger partial charge in [0.25, 0.3) is 0 Å². The van der Waals surface area contributed by atoms with E-state index in [2.05, 4.69) is 9.97 Å². The van der Waals surface area contributed by atoms with Crippen molar-refractivity contribution in [2.24, 2.45) is 5.14 Å². The molecule has 0 radical (unpaired) electrons. The Morgan fingerprint density at radius 3 is 2.60 bits per heavy atom. The van der Waals surface area contributed by atoms with E-state index in [-0.39, 0.29) is 4.90 Å². The van der Waals surface area contributed by atoms with Crippen molar-refractivity contribution < 1.29 is 8.42 Å². The highest BCUT2D eigenvalue weighted by Gasteiger charge is 2.15. The Kier molecular flexibility index (Phi) is 2.29. The van der Waals surface area contributed by atoms with Gasteiger partial charge in [0.05, 0.1) is 4.90 Å². The highest BCUT2D eigenvalue weighted by molar-refractivity contribution is 7.89. The molecule has 0 aliphatic carbocycles. The molecular weight excluding hydrogens is 214 g/mol. The lowest BCUT2D eigenvalue weighted by Gasteiger charge is -2.03. The molecule has 5 nitrogen and oxygen atoms in total. The molecule has 1 heterocycles. The van der Waals surface area contributed by atoms with Crippen LogP contribution in [0.5, 0.6) is 0 Å². The molecule has 0 aliphatic heterocycles. The number of primary sulfonamides is 1. The van der Waals surface area contributed by atoms with Gasteiger partial charge in [-0.05, 0) is 12.1 Å². The summed E-state index contributed by atoms with van der Waals surface area (Å²) in [6.45, 7) is 0. The zero-order chi connectivity index (χ0) is 10.9. The van der Waals surface area contributed by atoms with E-state index in [4.69, 9.17) is 5.14 Å². The van der Waals surface area contributed by atoms with Crippen LogP contribution < -0.4 is 5.14 Å². The van der Waals surface area contributed by atoms with Crippen LogP contribution in [0.3, 0.4) is 0 Å². The molecular formula is C9H9N3O2S. The van der Waals surface area contributed by atoms with E-state index in [1.807, 2.05) is 0 Å². The molecule has 0 amide bonds. The number of nitrogens with zero attached hydrogens (tertiary/aromatic N) is 1. The number of aromatic nitrogens is 2. The van der Waals surface area contributed by atoms with Gasteiger partial charge in [-0.25, -0.2) is 18.5 Å². The number of aromatic amines is 1. The normalized spacial score (nSPS) is 11.5. The van der Waals surface area contributed by atoms with Crippen LogP contribution in [0, 0.1) is 0 Å². The smallest absolute Gasteiger partial charge is 0.238 e. The third kappa shape index (κ3) is 1.90. The second-order valence-electron chi connectivity index (χ2n) is 2.98. The number of imidazole rings is 1. The van der Waals surface area contributed by atoms with E-state index in [0.29, 0.717) is 11.4 Å². The van der Waals surface area contributed by atoms with Gasteiger partial charge in [0.2, 0.25) is 10.0 Å². The Bertz CT molecular complexity index is 561. The number of hydrogen-bond acceptors (Lipinski definition) is 3. The number of benzene rings is 1. The van der Waals surface area contributed by atoms with Gasteiger partial charge in [-0.3, -0.25) is 0 Å². The van der Waals surface area contributed by atoms with Crippen LogP contribution in [-0.4, -0.2) is 18.4 Å². The van der Waals surface area contributed by atoms with Crippen molar-refractivity contribution >= 4 is 10.0 Å². The summed E-state index contributed by atoms with van der Waals surface area (Å²) in [7, 11) is -3.72. The quantitative estimate of drug-likeness (QED) is 0.786. The lowest BCUT2D eigenvalue weighted by atomic mass is 10.2. The van der Waals surface area contributed by atoms with E-state index in [1.54, 1.807) is 30.6 Å². The van der Waals surface area contributed by atoms with Crippen LogP contribution in [0.4, 0.5) is 0 Å². The monoisotopic (exact) mass is 223 g/mol. The Morgan fingerprint density at radius 1 is 1.27 bits per heavy atom. The molecule has 0 unspecified atom stereocenters. The zero-order valence-corrected chi connectivity index (χ0v) is 8.53. The maximum Gasteiger partial charge on any atom is 0.238 e. The minimum Gasteiger partial charge on any atom is -0.345 e. The van der Waals surface area contributed by atoms with E-state index in [9.17, 15) is 8.42 Å². The molecule has 1 aromatic carbocycles. The van der Waals surface area contributed by atoms with Crippen molar-refractivity contribution in [3.8, 4) is 11.4 Å². The standard InChI is InChI=1S/C9H9N3O2S/c10-15(13,14)8-4-2-1-3-7(8)9-11-5-6-12-9/h1-6H,(H,11,12)(H2,10,13,14). The number of hydrogen-bond donors (Lipinski definition) is 2. The molecule has 6 heteroatoms. The summed E-state index contributed by atoms with van der Waals surface area (Å²) >= 11 is 0. The van der Waals surface area contributed by atoms with E-state index in [0.717, 1.165) is 0 Å². The van der Waals surface area contributed by atoms with E-state index >= 15 is 0 Å². The predicted molar refractivity (Wildman–Crippen MR) is 55.4 cm³/mol. The molecule has 78 valence electrons. The van der Waals surface area contributed by atoms with Crippen molar-refractivity contribution in [1.29, 1.82) is 0 Å². The molecule has 0 aliphatic rings. The molecule has 15 heavy (non-hydrogen) atoms. The summed E-state index contributed by atoms with van der Waals surface area (Å²) in [4.78, 5) is 6.89. The number of sulfonamides is 1. The molecule has 3 N–H and O–H groups in total. The van der Waals surface area contributed by atoms with Crippen molar-refractivity contribution in [3.63, 3.8) is 0 Å². The van der Waals surface area contributed by atoms with Gasteiger partial charge in [-0.1, -0.05) is 12.1 Å². The first-order chi connectivity index (χ1) is 7.09. The average molecular weight is 223 g/mol. The summed E-state index contributed by atoms with van der Waals surface area (Å²) in [6.07, 6.45) is 3.17. The second kappa shape index (κ2) is 3.48. The van der Waals surface area contributed by atoms with Gasteiger partial charge in [0, 0.05) is 18.0 Å². The van der Waals surface area contributed by atoms with Crippen LogP contribution in [0.1, 0.15) is 0 Å². The number of H-pyrrole nitrogens is 1. The Balaban J connectivity index is 2.68. The molecule has 0 saturated carbocycles. The van der Waals surface area contributed by atoms with E-state index < -0.39 is 10.0 Å². The third-order valence-electron chi connectivity index (χ3n) is 1.95. The lowest BCUT2D eigenvalue weighted by Crippen LogP contribution is -2.13. The Morgan fingerprint density at radius 2 is 2.00 bits per heavy atom. The van der Waals surface area contributed by atoms with Gasteiger partial charge < -0.3 is 4.98 Å². The summed E-state index contributed by atoms with van der Waals surface area (Å²) in [6, 6.07) is 6.45. The van der Waals surface area contributed by atoms with Gasteiger partial charge in [-0.15, -0.1) is 0 Å². The number of nitrogens with two attached hydrogens (primary N) is 1. The van der Waals surface area contributed by atoms with Crippen LogP contribution in [0.15, 0.2) is 41.6 Å². The summed E-state index contributed by atoms with van der Waals surface area (Å²) in [5.74, 6) is 0.486. The number of nitrogens with one attached hydrogen (secondary N) is 1. The van der Waals surface area contributed by atoms with Gasteiger partial charge in [0.15, 0.2) is 0 Å². The lowest BCUT2D eigenvalue weighted by molar-refractivity contribution is 0.598. The minimum absolute atomic E-state index is 0.0694.